The van der Waals surface area contributed by atoms with E-state index in [9.17, 15) is 0 Å². The molecular formula is C17H27N3O. The molecule has 0 aliphatic carbocycles. The molecule has 1 aromatic carbocycles. The minimum Gasteiger partial charge on any atom is -0.491 e. The molecule has 3 rings (SSSR count). The van der Waals surface area contributed by atoms with Crippen molar-refractivity contribution in [1.82, 2.24) is 4.90 Å². The van der Waals surface area contributed by atoms with Crippen LogP contribution < -0.4 is 15.8 Å². The molecule has 2 aliphatic heterocycles. The van der Waals surface area contributed by atoms with Crippen molar-refractivity contribution in [2.75, 3.05) is 30.7 Å². The van der Waals surface area contributed by atoms with E-state index in [1.54, 1.807) is 0 Å². The number of nitrogens with zero attached hydrogens (tertiary/aromatic N) is 1. The van der Waals surface area contributed by atoms with Crippen LogP contribution >= 0.6 is 0 Å². The van der Waals surface area contributed by atoms with Crippen molar-refractivity contribution in [2.24, 2.45) is 0 Å². The normalized spacial score (nSPS) is 25.6. The number of benzene rings is 1. The average Bonchev–Trinajstić information content (AvgIpc) is 2.91. The fourth-order valence-corrected chi connectivity index (χ4v) is 3.59. The van der Waals surface area contributed by atoms with Crippen LogP contribution in [0.3, 0.4) is 0 Å². The third-order valence-corrected chi connectivity index (χ3v) is 4.68. The predicted molar refractivity (Wildman–Crippen MR) is 87.9 cm³/mol. The monoisotopic (exact) mass is 289 g/mol. The maximum atomic E-state index is 5.98. The number of hydrogen-bond acceptors (Lipinski definition) is 4. The van der Waals surface area contributed by atoms with Crippen molar-refractivity contribution >= 4 is 11.4 Å². The number of nitrogen functional groups attached to an aromatic ring is 1. The van der Waals surface area contributed by atoms with Crippen molar-refractivity contribution in [3.63, 3.8) is 0 Å². The summed E-state index contributed by atoms with van der Waals surface area (Å²) in [7, 11) is 0. The molecule has 116 valence electrons. The van der Waals surface area contributed by atoms with E-state index in [2.05, 4.69) is 29.3 Å². The third-order valence-electron chi connectivity index (χ3n) is 4.68. The first-order valence-electron chi connectivity index (χ1n) is 8.31. The molecule has 0 radical (unpaired) electrons. The van der Waals surface area contributed by atoms with Gasteiger partial charge in [-0.1, -0.05) is 13.3 Å². The smallest absolute Gasteiger partial charge is 0.144 e. The van der Waals surface area contributed by atoms with Gasteiger partial charge < -0.3 is 15.8 Å². The molecule has 2 atom stereocenters. The van der Waals surface area contributed by atoms with Crippen molar-refractivity contribution in [3.8, 4) is 5.75 Å². The Bertz CT molecular complexity index is 477. The van der Waals surface area contributed by atoms with Gasteiger partial charge in [-0.05, 0) is 44.4 Å². The van der Waals surface area contributed by atoms with Gasteiger partial charge in [0.25, 0.3) is 0 Å². The summed E-state index contributed by atoms with van der Waals surface area (Å²) in [4.78, 5) is 2.65. The molecule has 2 heterocycles. The Morgan fingerprint density at radius 3 is 3.05 bits per heavy atom. The summed E-state index contributed by atoms with van der Waals surface area (Å²) < 4.78 is 5.72. The van der Waals surface area contributed by atoms with Crippen LogP contribution in [0.15, 0.2) is 18.2 Å². The van der Waals surface area contributed by atoms with Gasteiger partial charge in [-0.3, -0.25) is 4.90 Å². The maximum absolute atomic E-state index is 5.98. The molecule has 2 fully saturated rings. The Morgan fingerprint density at radius 1 is 1.29 bits per heavy atom. The third kappa shape index (κ3) is 3.26. The van der Waals surface area contributed by atoms with Crippen LogP contribution in [-0.2, 0) is 0 Å². The van der Waals surface area contributed by atoms with Gasteiger partial charge in [-0.25, -0.2) is 0 Å². The highest BCUT2D eigenvalue weighted by atomic mass is 16.5. The van der Waals surface area contributed by atoms with Crippen molar-refractivity contribution in [3.05, 3.63) is 18.2 Å². The quantitative estimate of drug-likeness (QED) is 0.818. The lowest BCUT2D eigenvalue weighted by Gasteiger charge is -2.33. The van der Waals surface area contributed by atoms with E-state index in [0.717, 1.165) is 23.5 Å². The van der Waals surface area contributed by atoms with Crippen molar-refractivity contribution < 1.29 is 4.74 Å². The van der Waals surface area contributed by atoms with Crippen LogP contribution in [0.2, 0.25) is 0 Å². The van der Waals surface area contributed by atoms with Crippen LogP contribution in [0, 0.1) is 0 Å². The molecular weight excluding hydrogens is 262 g/mol. The van der Waals surface area contributed by atoms with Gasteiger partial charge in [-0.2, -0.15) is 0 Å². The van der Waals surface area contributed by atoms with Gasteiger partial charge in [-0.15, -0.1) is 0 Å². The second kappa shape index (κ2) is 6.56. The maximum Gasteiger partial charge on any atom is 0.144 e. The molecule has 2 unspecified atom stereocenters. The van der Waals surface area contributed by atoms with Gasteiger partial charge in [0.05, 0.1) is 12.3 Å². The number of nitrogens with two attached hydrogens (primary N) is 1. The molecule has 0 amide bonds. The molecule has 3 N–H and O–H groups in total. The van der Waals surface area contributed by atoms with Crippen molar-refractivity contribution in [1.29, 1.82) is 0 Å². The summed E-state index contributed by atoms with van der Waals surface area (Å²) in [5.74, 6) is 0.806. The van der Waals surface area contributed by atoms with E-state index in [0.29, 0.717) is 18.7 Å². The van der Waals surface area contributed by atoms with E-state index in [1.807, 2.05) is 6.07 Å². The summed E-state index contributed by atoms with van der Waals surface area (Å²) in [5.41, 5.74) is 7.84. The minimum atomic E-state index is 0.563. The summed E-state index contributed by atoms with van der Waals surface area (Å²) in [6.07, 6.45) is 6.29. The van der Waals surface area contributed by atoms with E-state index in [-0.39, 0.29) is 0 Å². The van der Waals surface area contributed by atoms with Crippen LogP contribution in [0.25, 0.3) is 0 Å². The van der Waals surface area contributed by atoms with E-state index in [1.165, 1.54) is 38.8 Å². The molecule has 4 nitrogen and oxygen atoms in total. The topological polar surface area (TPSA) is 50.5 Å². The Kier molecular flexibility index (Phi) is 4.54. The van der Waals surface area contributed by atoms with Gasteiger partial charge in [0.1, 0.15) is 5.75 Å². The number of nitrogens with one attached hydrogen (secondary N) is 1. The van der Waals surface area contributed by atoms with Crippen LogP contribution in [0.5, 0.6) is 5.75 Å². The molecule has 0 spiro atoms. The van der Waals surface area contributed by atoms with Crippen LogP contribution in [0.1, 0.15) is 39.0 Å². The van der Waals surface area contributed by atoms with Gasteiger partial charge in [0, 0.05) is 30.4 Å². The lowest BCUT2D eigenvalue weighted by atomic mass is 9.99. The Hall–Kier alpha value is -1.42. The van der Waals surface area contributed by atoms with E-state index < -0.39 is 0 Å². The first-order chi connectivity index (χ1) is 10.3. The van der Waals surface area contributed by atoms with Gasteiger partial charge in [0.2, 0.25) is 0 Å². The Balaban J connectivity index is 1.67. The molecule has 0 saturated carbocycles. The highest BCUT2D eigenvalue weighted by Gasteiger charge is 2.35. The minimum absolute atomic E-state index is 0.563. The lowest BCUT2D eigenvalue weighted by Crippen LogP contribution is -2.41. The predicted octanol–water partition coefficient (Wildman–Crippen LogP) is 3.10. The number of hydrogen-bond donors (Lipinski definition) is 2. The average molecular weight is 289 g/mol. The number of piperidine rings is 1. The largest absolute Gasteiger partial charge is 0.491 e. The van der Waals surface area contributed by atoms with Gasteiger partial charge >= 0.3 is 0 Å². The van der Waals surface area contributed by atoms with E-state index >= 15 is 0 Å². The molecule has 4 heteroatoms. The summed E-state index contributed by atoms with van der Waals surface area (Å²) >= 11 is 0. The molecule has 0 bridgehead atoms. The zero-order chi connectivity index (χ0) is 14.7. The molecule has 2 aliphatic rings. The fraction of sp³-hybridized carbons (Fsp3) is 0.647. The molecule has 0 aromatic heterocycles. The second-order valence-corrected chi connectivity index (χ2v) is 6.24. The Labute approximate surface area is 127 Å². The molecule has 1 aromatic rings. The summed E-state index contributed by atoms with van der Waals surface area (Å²) in [6.45, 7) is 5.33. The molecule has 21 heavy (non-hydrogen) atoms. The number of rotatable bonds is 5. The van der Waals surface area contributed by atoms with Crippen molar-refractivity contribution in [2.45, 2.75) is 51.1 Å². The number of fused-ring (bicyclic) bond motifs is 1. The second-order valence-electron chi connectivity index (χ2n) is 6.24. The van der Waals surface area contributed by atoms with Gasteiger partial charge in [0.15, 0.2) is 0 Å². The lowest BCUT2D eigenvalue weighted by molar-refractivity contribution is 0.193. The molecule has 2 saturated heterocycles. The zero-order valence-corrected chi connectivity index (χ0v) is 13.0. The van der Waals surface area contributed by atoms with Crippen LogP contribution in [-0.4, -0.2) is 36.7 Å². The highest BCUT2D eigenvalue weighted by molar-refractivity contribution is 5.61. The first kappa shape index (κ1) is 14.5. The highest BCUT2D eigenvalue weighted by Crippen LogP contribution is 2.31. The summed E-state index contributed by atoms with van der Waals surface area (Å²) in [6, 6.07) is 7.33. The number of anilines is 2. The standard InChI is InChI=1S/C17H27N3O/c1-2-11-21-17-12-13(6-7-14(17)18)19-15-8-10-20-9-4-3-5-16(15)20/h6-7,12,15-16,19H,2-5,8-11,18H2,1H3. The summed E-state index contributed by atoms with van der Waals surface area (Å²) in [5, 5.41) is 3.71. The van der Waals surface area contributed by atoms with Crippen LogP contribution in [0.4, 0.5) is 11.4 Å². The van der Waals surface area contributed by atoms with E-state index in [4.69, 9.17) is 10.5 Å². The Morgan fingerprint density at radius 2 is 2.19 bits per heavy atom. The zero-order valence-electron chi connectivity index (χ0n) is 13.0. The number of ether oxygens (including phenoxy) is 1. The SMILES string of the molecule is CCCOc1cc(NC2CCN3CCCCC23)ccc1N. The first-order valence-corrected chi connectivity index (χ1v) is 8.31. The fourth-order valence-electron chi connectivity index (χ4n) is 3.59.